The Morgan fingerprint density at radius 2 is 2.00 bits per heavy atom. The molecule has 5 aromatic rings. The third-order valence-corrected chi connectivity index (χ3v) is 6.68. The molecule has 0 saturated carbocycles. The Labute approximate surface area is 201 Å². The summed E-state index contributed by atoms with van der Waals surface area (Å²) in [6, 6.07) is 17.4. The first-order valence-electron chi connectivity index (χ1n) is 11.8. The second-order valence-electron chi connectivity index (χ2n) is 8.85. The monoisotopic (exact) mass is 464 g/mol. The number of H-pyrrole nitrogens is 1. The van der Waals surface area contributed by atoms with Crippen molar-refractivity contribution in [2.24, 2.45) is 0 Å². The summed E-state index contributed by atoms with van der Waals surface area (Å²) >= 11 is 0. The van der Waals surface area contributed by atoms with E-state index in [-0.39, 0.29) is 23.2 Å². The molecule has 2 aromatic carbocycles. The summed E-state index contributed by atoms with van der Waals surface area (Å²) in [4.78, 5) is 35.7. The molecule has 3 aromatic heterocycles. The summed E-state index contributed by atoms with van der Waals surface area (Å²) in [5, 5.41) is 8.27. The highest BCUT2D eigenvalue weighted by Crippen LogP contribution is 2.36. The number of aromatic nitrogens is 5. The molecule has 6 rings (SSSR count). The molecule has 1 N–H and O–H groups in total. The number of carbonyl (C=O) groups is 1. The average molecular weight is 465 g/mol. The van der Waals surface area contributed by atoms with Crippen LogP contribution in [-0.4, -0.2) is 41.9 Å². The number of aromatic amines is 1. The molecule has 8 nitrogen and oxygen atoms in total. The van der Waals surface area contributed by atoms with Gasteiger partial charge in [0.15, 0.2) is 0 Å². The Kier molecular flexibility index (Phi) is 5.13. The van der Waals surface area contributed by atoms with Gasteiger partial charge in [0, 0.05) is 30.9 Å². The van der Waals surface area contributed by atoms with E-state index in [2.05, 4.69) is 39.2 Å². The molecule has 8 heteroatoms. The number of carbonyl (C=O) groups excluding carboxylic acids is 1. The highest BCUT2D eigenvalue weighted by atomic mass is 16.2. The highest BCUT2D eigenvalue weighted by molar-refractivity contribution is 5.98. The first-order chi connectivity index (χ1) is 17.2. The molecule has 1 unspecified atom stereocenters. The van der Waals surface area contributed by atoms with Crippen molar-refractivity contribution in [1.29, 1.82) is 0 Å². The van der Waals surface area contributed by atoms with E-state index in [9.17, 15) is 9.59 Å². The van der Waals surface area contributed by atoms with Gasteiger partial charge in [0.2, 0.25) is 5.65 Å². The zero-order valence-electron chi connectivity index (χ0n) is 19.3. The lowest BCUT2D eigenvalue weighted by Gasteiger charge is -2.37. The Balaban J connectivity index is 1.46. The number of aryl methyl sites for hydroxylation is 1. The van der Waals surface area contributed by atoms with Crippen molar-refractivity contribution in [3.05, 3.63) is 105 Å². The van der Waals surface area contributed by atoms with Crippen molar-refractivity contribution in [2.75, 3.05) is 6.54 Å². The number of amides is 1. The van der Waals surface area contributed by atoms with Gasteiger partial charge >= 0.3 is 0 Å². The Morgan fingerprint density at radius 3 is 2.83 bits per heavy atom. The zero-order valence-corrected chi connectivity index (χ0v) is 19.3. The van der Waals surface area contributed by atoms with Crippen LogP contribution in [0.3, 0.4) is 0 Å². The maximum absolute atomic E-state index is 13.9. The predicted octanol–water partition coefficient (Wildman–Crippen LogP) is 3.71. The third kappa shape index (κ3) is 3.49. The first-order valence-corrected chi connectivity index (χ1v) is 11.8. The number of rotatable bonds is 4. The van der Waals surface area contributed by atoms with E-state index in [0.29, 0.717) is 24.0 Å². The van der Waals surface area contributed by atoms with Gasteiger partial charge in [-0.3, -0.25) is 19.0 Å². The van der Waals surface area contributed by atoms with Gasteiger partial charge in [-0.15, -0.1) is 10.2 Å². The zero-order chi connectivity index (χ0) is 23.9. The Morgan fingerprint density at radius 1 is 1.11 bits per heavy atom. The summed E-state index contributed by atoms with van der Waals surface area (Å²) in [7, 11) is 0. The minimum Gasteiger partial charge on any atom is -0.327 e. The van der Waals surface area contributed by atoms with Crippen LogP contribution < -0.4 is 5.56 Å². The average Bonchev–Trinajstić information content (AvgIpc) is 3.33. The first kappa shape index (κ1) is 21.2. The van der Waals surface area contributed by atoms with Gasteiger partial charge in [0.1, 0.15) is 5.82 Å². The van der Waals surface area contributed by atoms with Crippen LogP contribution in [0.15, 0.2) is 71.8 Å². The van der Waals surface area contributed by atoms with E-state index in [1.807, 2.05) is 47.5 Å². The van der Waals surface area contributed by atoms with Gasteiger partial charge in [-0.25, -0.2) is 0 Å². The SMILES string of the molecule is CCCc1nnc2c(=O)[nH]c3cc(C(=O)N4CCc5ccccc5C4c4cccnc4)ccc3n12. The van der Waals surface area contributed by atoms with Crippen LogP contribution >= 0.6 is 0 Å². The lowest BCUT2D eigenvalue weighted by Crippen LogP contribution is -2.40. The van der Waals surface area contributed by atoms with Gasteiger partial charge in [-0.05, 0) is 53.8 Å². The smallest absolute Gasteiger partial charge is 0.294 e. The quantitative estimate of drug-likeness (QED) is 0.437. The van der Waals surface area contributed by atoms with Crippen molar-refractivity contribution < 1.29 is 4.79 Å². The van der Waals surface area contributed by atoms with Gasteiger partial charge in [0.05, 0.1) is 17.1 Å². The molecule has 174 valence electrons. The summed E-state index contributed by atoms with van der Waals surface area (Å²) in [5.41, 5.74) is 5.15. The van der Waals surface area contributed by atoms with Crippen molar-refractivity contribution in [3.63, 3.8) is 0 Å². The molecule has 1 aliphatic rings. The van der Waals surface area contributed by atoms with Gasteiger partial charge < -0.3 is 9.88 Å². The van der Waals surface area contributed by atoms with Crippen molar-refractivity contribution in [1.82, 2.24) is 29.5 Å². The number of benzene rings is 2. The predicted molar refractivity (Wildman–Crippen MR) is 132 cm³/mol. The molecule has 0 saturated heterocycles. The molecule has 1 atom stereocenters. The minimum atomic E-state index is -0.322. The van der Waals surface area contributed by atoms with Crippen molar-refractivity contribution in [3.8, 4) is 0 Å². The molecule has 0 radical (unpaired) electrons. The summed E-state index contributed by atoms with van der Waals surface area (Å²) in [6.45, 7) is 2.65. The molecular weight excluding hydrogens is 440 g/mol. The second-order valence-corrected chi connectivity index (χ2v) is 8.85. The van der Waals surface area contributed by atoms with Crippen LogP contribution in [0.2, 0.25) is 0 Å². The van der Waals surface area contributed by atoms with E-state index >= 15 is 0 Å². The standard InChI is InChI=1S/C27H24N6O2/c1-2-6-23-30-31-25-26(34)29-21-15-18(10-11-22(21)33(23)25)27(35)32-14-12-17-7-3-4-9-20(17)24(32)19-8-5-13-28-16-19/h3-5,7-11,13,15-16,24H,2,6,12,14H2,1H3,(H,29,34). The number of nitrogens with one attached hydrogen (secondary N) is 1. The largest absolute Gasteiger partial charge is 0.327 e. The van der Waals surface area contributed by atoms with E-state index < -0.39 is 0 Å². The Bertz CT molecular complexity index is 1620. The normalized spacial score (nSPS) is 15.5. The van der Waals surface area contributed by atoms with Crippen LogP contribution in [0, 0.1) is 0 Å². The van der Waals surface area contributed by atoms with Gasteiger partial charge in [-0.1, -0.05) is 37.3 Å². The van der Waals surface area contributed by atoms with Crippen LogP contribution in [-0.2, 0) is 12.8 Å². The molecule has 0 fully saturated rings. The molecule has 0 aliphatic carbocycles. The fourth-order valence-corrected chi connectivity index (χ4v) is 5.09. The summed E-state index contributed by atoms with van der Waals surface area (Å²) < 4.78 is 1.79. The number of hydrogen-bond acceptors (Lipinski definition) is 5. The van der Waals surface area contributed by atoms with Crippen molar-refractivity contribution in [2.45, 2.75) is 32.2 Å². The van der Waals surface area contributed by atoms with Gasteiger partial charge in [-0.2, -0.15) is 0 Å². The lowest BCUT2D eigenvalue weighted by molar-refractivity contribution is 0.0694. The van der Waals surface area contributed by atoms with E-state index in [0.717, 1.165) is 35.3 Å². The van der Waals surface area contributed by atoms with Crippen LogP contribution in [0.25, 0.3) is 16.7 Å². The van der Waals surface area contributed by atoms with E-state index in [1.54, 1.807) is 16.7 Å². The molecule has 1 aliphatic heterocycles. The summed E-state index contributed by atoms with van der Waals surface area (Å²) in [5.74, 6) is 0.649. The van der Waals surface area contributed by atoms with Gasteiger partial charge in [0.25, 0.3) is 11.5 Å². The maximum atomic E-state index is 13.9. The van der Waals surface area contributed by atoms with Crippen LogP contribution in [0.4, 0.5) is 0 Å². The molecule has 35 heavy (non-hydrogen) atoms. The van der Waals surface area contributed by atoms with Crippen molar-refractivity contribution >= 4 is 22.6 Å². The molecular formula is C27H24N6O2. The molecule has 4 heterocycles. The second kappa shape index (κ2) is 8.47. The van der Waals surface area contributed by atoms with E-state index in [1.165, 1.54) is 5.56 Å². The fourth-order valence-electron chi connectivity index (χ4n) is 5.09. The molecule has 0 bridgehead atoms. The van der Waals surface area contributed by atoms with E-state index in [4.69, 9.17) is 0 Å². The third-order valence-electron chi connectivity index (χ3n) is 6.68. The number of nitrogens with zero attached hydrogens (tertiary/aromatic N) is 5. The Hall–Kier alpha value is -4.33. The maximum Gasteiger partial charge on any atom is 0.294 e. The fraction of sp³-hybridized carbons (Fsp3) is 0.222. The number of pyridine rings is 1. The number of fused-ring (bicyclic) bond motifs is 4. The summed E-state index contributed by atoms with van der Waals surface area (Å²) in [6.07, 6.45) is 5.94. The lowest BCUT2D eigenvalue weighted by atomic mass is 9.88. The van der Waals surface area contributed by atoms with Crippen LogP contribution in [0.1, 0.15) is 52.3 Å². The molecule has 1 amide bonds. The number of hydrogen-bond donors (Lipinski definition) is 1. The van der Waals surface area contributed by atoms with Crippen LogP contribution in [0.5, 0.6) is 0 Å². The minimum absolute atomic E-state index is 0.0891. The molecule has 0 spiro atoms. The highest BCUT2D eigenvalue weighted by Gasteiger charge is 2.32. The topological polar surface area (TPSA) is 96.2 Å².